The zero-order valence-corrected chi connectivity index (χ0v) is 12.0. The third kappa shape index (κ3) is 5.63. The number of hydrogen-bond donors (Lipinski definition) is 2. The lowest BCUT2D eigenvalue weighted by molar-refractivity contribution is -0.139. The molecular formula is C14H19F3N2O2. The van der Waals surface area contributed by atoms with E-state index >= 15 is 0 Å². The first-order valence-corrected chi connectivity index (χ1v) is 6.48. The fourth-order valence-corrected chi connectivity index (χ4v) is 1.57. The SMILES string of the molecule is CC(C)COCCOc1ccc(C(=N)N)cc1C(F)(F)F. The summed E-state index contributed by atoms with van der Waals surface area (Å²) in [6, 6.07) is 3.30. The van der Waals surface area contributed by atoms with Crippen LogP contribution in [0.15, 0.2) is 18.2 Å². The Bertz CT molecular complexity index is 488. The summed E-state index contributed by atoms with van der Waals surface area (Å²) >= 11 is 0. The average molecular weight is 304 g/mol. The molecule has 1 aromatic carbocycles. The van der Waals surface area contributed by atoms with Crippen molar-refractivity contribution in [2.24, 2.45) is 11.7 Å². The van der Waals surface area contributed by atoms with E-state index in [4.69, 9.17) is 20.6 Å². The Morgan fingerprint density at radius 1 is 1.29 bits per heavy atom. The summed E-state index contributed by atoms with van der Waals surface area (Å²) in [5.74, 6) is -0.362. The van der Waals surface area contributed by atoms with Crippen LogP contribution >= 0.6 is 0 Å². The average Bonchev–Trinajstić information content (AvgIpc) is 2.36. The van der Waals surface area contributed by atoms with Crippen LogP contribution in [0.25, 0.3) is 0 Å². The number of nitrogen functional groups attached to an aromatic ring is 1. The Morgan fingerprint density at radius 3 is 2.48 bits per heavy atom. The summed E-state index contributed by atoms with van der Waals surface area (Å²) in [4.78, 5) is 0. The van der Waals surface area contributed by atoms with Gasteiger partial charge in [0.25, 0.3) is 0 Å². The van der Waals surface area contributed by atoms with Crippen molar-refractivity contribution in [1.29, 1.82) is 5.41 Å². The highest BCUT2D eigenvalue weighted by atomic mass is 19.4. The van der Waals surface area contributed by atoms with Crippen LogP contribution in [-0.4, -0.2) is 25.7 Å². The van der Waals surface area contributed by atoms with Gasteiger partial charge in [-0.25, -0.2) is 0 Å². The predicted molar refractivity (Wildman–Crippen MR) is 73.6 cm³/mol. The van der Waals surface area contributed by atoms with Crippen molar-refractivity contribution in [1.82, 2.24) is 0 Å². The molecule has 1 rings (SSSR count). The molecule has 0 spiro atoms. The van der Waals surface area contributed by atoms with Gasteiger partial charge in [-0.3, -0.25) is 5.41 Å². The number of hydrogen-bond acceptors (Lipinski definition) is 3. The van der Waals surface area contributed by atoms with Crippen LogP contribution in [0.2, 0.25) is 0 Å². The number of benzene rings is 1. The normalized spacial score (nSPS) is 11.7. The Morgan fingerprint density at radius 2 is 1.95 bits per heavy atom. The lowest BCUT2D eigenvalue weighted by Gasteiger charge is -2.15. The fourth-order valence-electron chi connectivity index (χ4n) is 1.57. The number of alkyl halides is 3. The zero-order chi connectivity index (χ0) is 16.0. The molecular weight excluding hydrogens is 285 g/mol. The van der Waals surface area contributed by atoms with Gasteiger partial charge in [0.05, 0.1) is 12.2 Å². The van der Waals surface area contributed by atoms with Gasteiger partial charge in [-0.15, -0.1) is 0 Å². The number of nitrogens with two attached hydrogens (primary N) is 1. The van der Waals surface area contributed by atoms with Gasteiger partial charge in [-0.2, -0.15) is 13.2 Å². The van der Waals surface area contributed by atoms with Gasteiger partial charge in [-0.1, -0.05) is 13.8 Å². The van der Waals surface area contributed by atoms with Crippen LogP contribution in [0.3, 0.4) is 0 Å². The third-order valence-corrected chi connectivity index (χ3v) is 2.53. The molecule has 0 fully saturated rings. The maximum atomic E-state index is 13.0. The Labute approximate surface area is 121 Å². The van der Waals surface area contributed by atoms with Crippen molar-refractivity contribution in [2.75, 3.05) is 19.8 Å². The van der Waals surface area contributed by atoms with Gasteiger partial charge in [0.1, 0.15) is 18.2 Å². The van der Waals surface area contributed by atoms with E-state index < -0.39 is 17.6 Å². The summed E-state index contributed by atoms with van der Waals surface area (Å²) in [7, 11) is 0. The largest absolute Gasteiger partial charge is 0.491 e. The van der Waals surface area contributed by atoms with Crippen molar-refractivity contribution in [2.45, 2.75) is 20.0 Å². The molecule has 7 heteroatoms. The molecule has 0 saturated carbocycles. The molecule has 21 heavy (non-hydrogen) atoms. The van der Waals surface area contributed by atoms with Crippen molar-refractivity contribution < 1.29 is 22.6 Å². The highest BCUT2D eigenvalue weighted by molar-refractivity contribution is 5.95. The van der Waals surface area contributed by atoms with Crippen molar-refractivity contribution in [3.8, 4) is 5.75 Å². The highest BCUT2D eigenvalue weighted by Gasteiger charge is 2.34. The smallest absolute Gasteiger partial charge is 0.419 e. The monoisotopic (exact) mass is 304 g/mol. The molecule has 0 atom stereocenters. The predicted octanol–water partition coefficient (Wildman–Crippen LogP) is 3.04. The molecule has 3 N–H and O–H groups in total. The van der Waals surface area contributed by atoms with Crippen molar-refractivity contribution in [3.63, 3.8) is 0 Å². The number of rotatable bonds is 7. The van der Waals surface area contributed by atoms with E-state index in [1.807, 2.05) is 13.8 Å². The molecule has 4 nitrogen and oxygen atoms in total. The minimum absolute atomic E-state index is 0.00531. The van der Waals surface area contributed by atoms with Crippen LogP contribution in [0.4, 0.5) is 13.2 Å². The van der Waals surface area contributed by atoms with Crippen LogP contribution in [0, 0.1) is 11.3 Å². The first-order chi connectivity index (χ1) is 9.71. The number of nitrogens with one attached hydrogen (secondary N) is 1. The second kappa shape index (κ2) is 7.31. The quantitative estimate of drug-likeness (QED) is 0.462. The van der Waals surface area contributed by atoms with Gasteiger partial charge < -0.3 is 15.2 Å². The molecule has 0 heterocycles. The van der Waals surface area contributed by atoms with E-state index in [9.17, 15) is 13.2 Å². The Kier molecular flexibility index (Phi) is 6.02. The molecule has 0 amide bonds. The minimum Gasteiger partial charge on any atom is -0.491 e. The summed E-state index contributed by atoms with van der Waals surface area (Å²) in [5, 5.41) is 7.19. The number of halogens is 3. The van der Waals surface area contributed by atoms with Crippen molar-refractivity contribution in [3.05, 3.63) is 29.3 Å². The van der Waals surface area contributed by atoms with E-state index in [-0.39, 0.29) is 24.5 Å². The van der Waals surface area contributed by atoms with E-state index in [0.717, 1.165) is 6.07 Å². The summed E-state index contributed by atoms with van der Waals surface area (Å²) in [5.41, 5.74) is 4.26. The standard InChI is InChI=1S/C14H19F3N2O2/c1-9(2)8-20-5-6-21-12-4-3-10(13(18)19)7-11(12)14(15,16)17/h3-4,7,9H,5-6,8H2,1-2H3,(H3,18,19). The molecule has 0 aliphatic rings. The van der Waals surface area contributed by atoms with Crippen LogP contribution in [-0.2, 0) is 10.9 Å². The zero-order valence-electron chi connectivity index (χ0n) is 12.0. The summed E-state index contributed by atoms with van der Waals surface area (Å²) < 4.78 is 49.2. The Balaban J connectivity index is 2.75. The molecule has 0 radical (unpaired) electrons. The van der Waals surface area contributed by atoms with Crippen molar-refractivity contribution >= 4 is 5.84 Å². The molecule has 1 aromatic rings. The van der Waals surface area contributed by atoms with E-state index in [1.165, 1.54) is 12.1 Å². The molecule has 0 unspecified atom stereocenters. The Hall–Kier alpha value is -1.76. The van der Waals surface area contributed by atoms with Crippen LogP contribution in [0.1, 0.15) is 25.0 Å². The van der Waals surface area contributed by atoms with Crippen LogP contribution in [0.5, 0.6) is 5.75 Å². The van der Waals surface area contributed by atoms with Gasteiger partial charge in [0.2, 0.25) is 0 Å². The molecule has 0 aromatic heterocycles. The van der Waals surface area contributed by atoms with Gasteiger partial charge >= 0.3 is 6.18 Å². The molecule has 118 valence electrons. The summed E-state index contributed by atoms with van der Waals surface area (Å²) in [6.45, 7) is 4.71. The highest BCUT2D eigenvalue weighted by Crippen LogP contribution is 2.36. The number of ether oxygens (including phenoxy) is 2. The third-order valence-electron chi connectivity index (χ3n) is 2.53. The molecule has 0 aliphatic carbocycles. The van der Waals surface area contributed by atoms with Crippen LogP contribution < -0.4 is 10.5 Å². The molecule has 0 aliphatic heterocycles. The maximum Gasteiger partial charge on any atom is 0.419 e. The lowest BCUT2D eigenvalue weighted by atomic mass is 10.1. The van der Waals surface area contributed by atoms with Gasteiger partial charge in [-0.05, 0) is 24.1 Å². The van der Waals surface area contributed by atoms with E-state index in [1.54, 1.807) is 0 Å². The molecule has 0 bridgehead atoms. The molecule has 0 saturated heterocycles. The topological polar surface area (TPSA) is 68.3 Å². The van der Waals surface area contributed by atoms with Gasteiger partial charge in [0.15, 0.2) is 0 Å². The van der Waals surface area contributed by atoms with E-state index in [0.29, 0.717) is 12.5 Å². The number of amidine groups is 1. The first kappa shape index (κ1) is 17.3. The second-order valence-electron chi connectivity index (χ2n) is 4.94. The first-order valence-electron chi connectivity index (χ1n) is 6.48. The minimum atomic E-state index is -4.57. The fraction of sp³-hybridized carbons (Fsp3) is 0.500. The maximum absolute atomic E-state index is 13.0. The lowest BCUT2D eigenvalue weighted by Crippen LogP contribution is -2.16. The second-order valence-corrected chi connectivity index (χ2v) is 4.94. The summed E-state index contributed by atoms with van der Waals surface area (Å²) in [6.07, 6.45) is -4.57. The van der Waals surface area contributed by atoms with Gasteiger partial charge in [0, 0.05) is 12.2 Å². The van der Waals surface area contributed by atoms with E-state index in [2.05, 4.69) is 0 Å².